The van der Waals surface area contributed by atoms with E-state index in [1.807, 2.05) is 24.3 Å². The maximum absolute atomic E-state index is 12.8. The predicted molar refractivity (Wildman–Crippen MR) is 104 cm³/mol. The van der Waals surface area contributed by atoms with Crippen LogP contribution in [0.2, 0.25) is 0 Å². The Balaban J connectivity index is 1.42. The van der Waals surface area contributed by atoms with Crippen LogP contribution in [0.5, 0.6) is 0 Å². The summed E-state index contributed by atoms with van der Waals surface area (Å²) < 4.78 is 28.5. The second-order valence-electron chi connectivity index (χ2n) is 7.01. The van der Waals surface area contributed by atoms with Gasteiger partial charge in [0.25, 0.3) is 0 Å². The van der Waals surface area contributed by atoms with Crippen molar-refractivity contribution in [2.45, 2.75) is 24.3 Å². The minimum Gasteiger partial charge on any atom is -0.297 e. The van der Waals surface area contributed by atoms with E-state index in [4.69, 9.17) is 0 Å². The average molecular weight is 385 g/mol. The number of aromatic nitrogens is 3. The van der Waals surface area contributed by atoms with E-state index in [0.717, 1.165) is 43.6 Å². The van der Waals surface area contributed by atoms with E-state index in [2.05, 4.69) is 24.8 Å². The topological polar surface area (TPSA) is 91.0 Å². The molecular weight excluding hydrogens is 362 g/mol. The summed E-state index contributed by atoms with van der Waals surface area (Å²) in [7, 11) is -3.60. The van der Waals surface area contributed by atoms with Gasteiger partial charge in [0, 0.05) is 43.1 Å². The van der Waals surface area contributed by atoms with Crippen LogP contribution in [-0.2, 0) is 16.6 Å². The molecule has 2 aromatic heterocycles. The smallest absolute Gasteiger partial charge is 0.242 e. The second-order valence-corrected chi connectivity index (χ2v) is 8.74. The summed E-state index contributed by atoms with van der Waals surface area (Å²) in [4.78, 5) is 6.84. The van der Waals surface area contributed by atoms with Crippen molar-refractivity contribution in [3.05, 3.63) is 54.5 Å². The van der Waals surface area contributed by atoms with Crippen LogP contribution >= 0.6 is 0 Å². The molecule has 1 aromatic carbocycles. The Morgan fingerprint density at radius 1 is 1.19 bits per heavy atom. The lowest BCUT2D eigenvalue weighted by Gasteiger charge is -2.32. The third-order valence-electron chi connectivity index (χ3n) is 5.00. The van der Waals surface area contributed by atoms with Gasteiger partial charge >= 0.3 is 0 Å². The molecule has 0 spiro atoms. The molecule has 142 valence electrons. The van der Waals surface area contributed by atoms with E-state index in [1.54, 1.807) is 24.5 Å². The van der Waals surface area contributed by atoms with E-state index < -0.39 is 10.0 Å². The van der Waals surface area contributed by atoms with Crippen molar-refractivity contribution in [1.82, 2.24) is 24.8 Å². The Hall–Kier alpha value is -2.29. The van der Waals surface area contributed by atoms with Gasteiger partial charge in [0.2, 0.25) is 10.0 Å². The highest BCUT2D eigenvalue weighted by Gasteiger charge is 2.24. The molecule has 3 aromatic rings. The van der Waals surface area contributed by atoms with Crippen LogP contribution in [-0.4, -0.2) is 48.1 Å². The third kappa shape index (κ3) is 4.18. The molecule has 1 aliphatic rings. The van der Waals surface area contributed by atoms with Gasteiger partial charge < -0.3 is 0 Å². The number of fused-ring (bicyclic) bond motifs is 1. The molecule has 4 rings (SSSR count). The number of hydrogen-bond donors (Lipinski definition) is 2. The third-order valence-corrected chi connectivity index (χ3v) is 6.46. The fourth-order valence-corrected chi connectivity index (χ4v) is 4.97. The molecule has 1 atom stereocenters. The summed E-state index contributed by atoms with van der Waals surface area (Å²) in [6.45, 7) is 3.15. The van der Waals surface area contributed by atoms with Gasteiger partial charge in [0.15, 0.2) is 0 Å². The van der Waals surface area contributed by atoms with Crippen molar-refractivity contribution in [3.63, 3.8) is 0 Å². The standard InChI is InChI=1S/C19H23N5O2S/c25-27(26,18-7-1-5-16-6-2-9-20-19(16)18)22-12-15-4-3-11-24(13-15)14-17-8-10-21-23-17/h1-2,5-10,15,22H,3-4,11-14H2,(H,21,23)/t15-/m1/s1. The van der Waals surface area contributed by atoms with Crippen LogP contribution < -0.4 is 4.72 Å². The number of benzene rings is 1. The molecule has 0 amide bonds. The van der Waals surface area contributed by atoms with Crippen LogP contribution in [0.25, 0.3) is 10.9 Å². The molecule has 8 heteroatoms. The summed E-state index contributed by atoms with van der Waals surface area (Å²) in [6, 6.07) is 10.9. The van der Waals surface area contributed by atoms with Gasteiger partial charge in [-0.05, 0) is 43.5 Å². The summed E-state index contributed by atoms with van der Waals surface area (Å²) in [5.74, 6) is 0.291. The Morgan fingerprint density at radius 3 is 2.93 bits per heavy atom. The zero-order chi connectivity index (χ0) is 18.7. The summed E-state index contributed by atoms with van der Waals surface area (Å²) >= 11 is 0. The molecule has 0 saturated carbocycles. The molecule has 1 saturated heterocycles. The molecule has 0 aliphatic carbocycles. The van der Waals surface area contributed by atoms with Crippen LogP contribution in [0.15, 0.2) is 53.7 Å². The highest BCUT2D eigenvalue weighted by Crippen LogP contribution is 2.22. The number of pyridine rings is 1. The van der Waals surface area contributed by atoms with E-state index in [1.165, 1.54) is 0 Å². The Labute approximate surface area is 158 Å². The van der Waals surface area contributed by atoms with Crippen LogP contribution in [0, 0.1) is 5.92 Å². The van der Waals surface area contributed by atoms with Gasteiger partial charge in [-0.3, -0.25) is 15.0 Å². The Morgan fingerprint density at radius 2 is 2.07 bits per heavy atom. The Kier molecular flexibility index (Phi) is 5.20. The molecule has 7 nitrogen and oxygen atoms in total. The van der Waals surface area contributed by atoms with Gasteiger partial charge in [0.05, 0.1) is 5.52 Å². The van der Waals surface area contributed by atoms with Crippen molar-refractivity contribution < 1.29 is 8.42 Å². The van der Waals surface area contributed by atoms with Gasteiger partial charge in [-0.1, -0.05) is 18.2 Å². The molecule has 0 unspecified atom stereocenters. The molecule has 27 heavy (non-hydrogen) atoms. The fourth-order valence-electron chi connectivity index (χ4n) is 3.67. The SMILES string of the molecule is O=S(=O)(NC[C@H]1CCCN(Cc2ccn[nH]2)C1)c1cccc2cccnc12. The quantitative estimate of drug-likeness (QED) is 0.678. The molecule has 0 radical (unpaired) electrons. The number of aromatic amines is 1. The van der Waals surface area contributed by atoms with E-state index in [0.29, 0.717) is 18.0 Å². The van der Waals surface area contributed by atoms with Gasteiger partial charge in [-0.2, -0.15) is 5.10 Å². The van der Waals surface area contributed by atoms with Crippen molar-refractivity contribution in [2.75, 3.05) is 19.6 Å². The van der Waals surface area contributed by atoms with Crippen LogP contribution in [0.4, 0.5) is 0 Å². The van der Waals surface area contributed by atoms with Crippen molar-refractivity contribution in [2.24, 2.45) is 5.92 Å². The predicted octanol–water partition coefficient (Wildman–Crippen LogP) is 2.15. The van der Waals surface area contributed by atoms with Gasteiger partial charge in [-0.25, -0.2) is 13.1 Å². The highest BCUT2D eigenvalue weighted by atomic mass is 32.2. The van der Waals surface area contributed by atoms with E-state index in [-0.39, 0.29) is 4.90 Å². The monoisotopic (exact) mass is 385 g/mol. The number of H-pyrrole nitrogens is 1. The molecular formula is C19H23N5O2S. The first-order valence-electron chi connectivity index (χ1n) is 9.16. The molecule has 0 bridgehead atoms. The van der Waals surface area contributed by atoms with Crippen molar-refractivity contribution in [1.29, 1.82) is 0 Å². The summed E-state index contributed by atoms with van der Waals surface area (Å²) in [5.41, 5.74) is 1.59. The first-order valence-corrected chi connectivity index (χ1v) is 10.6. The molecule has 1 aliphatic heterocycles. The van der Waals surface area contributed by atoms with Gasteiger partial charge in [0.1, 0.15) is 4.90 Å². The summed E-state index contributed by atoms with van der Waals surface area (Å²) in [6.07, 6.45) is 5.46. The number of nitrogens with one attached hydrogen (secondary N) is 2. The first kappa shape index (κ1) is 18.1. The average Bonchev–Trinajstić information content (AvgIpc) is 3.19. The minimum absolute atomic E-state index is 0.241. The molecule has 1 fully saturated rings. The van der Waals surface area contributed by atoms with Crippen molar-refractivity contribution >= 4 is 20.9 Å². The highest BCUT2D eigenvalue weighted by molar-refractivity contribution is 7.89. The second kappa shape index (κ2) is 7.75. The van der Waals surface area contributed by atoms with Crippen molar-refractivity contribution in [3.8, 4) is 0 Å². The molecule has 2 N–H and O–H groups in total. The fraction of sp³-hybridized carbons (Fsp3) is 0.368. The number of nitrogens with zero attached hydrogens (tertiary/aromatic N) is 3. The number of rotatable bonds is 6. The lowest BCUT2D eigenvalue weighted by Crippen LogP contribution is -2.40. The first-order chi connectivity index (χ1) is 13.1. The number of hydrogen-bond acceptors (Lipinski definition) is 5. The maximum Gasteiger partial charge on any atom is 0.242 e. The van der Waals surface area contributed by atoms with Crippen LogP contribution in [0.3, 0.4) is 0 Å². The number of likely N-dealkylation sites (tertiary alicyclic amines) is 1. The zero-order valence-electron chi connectivity index (χ0n) is 15.0. The Bertz CT molecular complexity index is 999. The number of para-hydroxylation sites is 1. The van der Waals surface area contributed by atoms with Gasteiger partial charge in [-0.15, -0.1) is 0 Å². The largest absolute Gasteiger partial charge is 0.297 e. The van der Waals surface area contributed by atoms with E-state index in [9.17, 15) is 8.42 Å². The molecule has 3 heterocycles. The number of piperidine rings is 1. The normalized spacial score (nSPS) is 18.7. The lowest BCUT2D eigenvalue weighted by molar-refractivity contribution is 0.167. The summed E-state index contributed by atoms with van der Waals surface area (Å²) in [5, 5.41) is 7.79. The lowest BCUT2D eigenvalue weighted by atomic mass is 9.98. The maximum atomic E-state index is 12.8. The number of sulfonamides is 1. The zero-order valence-corrected chi connectivity index (χ0v) is 15.8. The van der Waals surface area contributed by atoms with Crippen LogP contribution in [0.1, 0.15) is 18.5 Å². The van der Waals surface area contributed by atoms with E-state index >= 15 is 0 Å². The minimum atomic E-state index is -3.60.